The summed E-state index contributed by atoms with van der Waals surface area (Å²) in [5.74, 6) is 0. The van der Waals surface area contributed by atoms with Crippen molar-refractivity contribution in [1.82, 2.24) is 5.32 Å². The molecule has 1 aliphatic rings. The summed E-state index contributed by atoms with van der Waals surface area (Å²) < 4.78 is 5.70. The van der Waals surface area contributed by atoms with Gasteiger partial charge in [-0.05, 0) is 32.6 Å². The van der Waals surface area contributed by atoms with Crippen molar-refractivity contribution in [2.24, 2.45) is 0 Å². The van der Waals surface area contributed by atoms with E-state index in [2.05, 4.69) is 26.1 Å². The van der Waals surface area contributed by atoms with Gasteiger partial charge in [0, 0.05) is 18.7 Å². The molecule has 3 atom stereocenters. The van der Waals surface area contributed by atoms with Crippen molar-refractivity contribution in [3.05, 3.63) is 0 Å². The summed E-state index contributed by atoms with van der Waals surface area (Å²) in [6, 6.07) is 1.21. The van der Waals surface area contributed by atoms with E-state index in [9.17, 15) is 0 Å². The molecule has 0 aliphatic carbocycles. The van der Waals surface area contributed by atoms with Gasteiger partial charge >= 0.3 is 0 Å². The van der Waals surface area contributed by atoms with E-state index in [1.165, 1.54) is 38.5 Å². The Morgan fingerprint density at radius 2 is 2.20 bits per heavy atom. The van der Waals surface area contributed by atoms with E-state index in [0.717, 1.165) is 6.61 Å². The Morgan fingerprint density at radius 1 is 1.40 bits per heavy atom. The zero-order valence-corrected chi connectivity index (χ0v) is 10.6. The quantitative estimate of drug-likeness (QED) is 0.701. The van der Waals surface area contributed by atoms with E-state index in [-0.39, 0.29) is 0 Å². The van der Waals surface area contributed by atoms with Gasteiger partial charge in [0.25, 0.3) is 0 Å². The maximum absolute atomic E-state index is 5.70. The molecule has 0 spiro atoms. The van der Waals surface area contributed by atoms with Crippen molar-refractivity contribution < 1.29 is 4.74 Å². The van der Waals surface area contributed by atoms with E-state index in [0.29, 0.717) is 18.2 Å². The minimum Gasteiger partial charge on any atom is -0.377 e. The van der Waals surface area contributed by atoms with Gasteiger partial charge in [-0.3, -0.25) is 0 Å². The molecule has 1 aliphatic heterocycles. The SMILES string of the molecule is CCCCC(CC)NC(C)C1CCCO1. The maximum Gasteiger partial charge on any atom is 0.0726 e. The lowest BCUT2D eigenvalue weighted by Crippen LogP contribution is -2.43. The molecule has 15 heavy (non-hydrogen) atoms. The third kappa shape index (κ3) is 4.52. The van der Waals surface area contributed by atoms with E-state index < -0.39 is 0 Å². The average Bonchev–Trinajstić information content (AvgIpc) is 2.77. The molecule has 1 saturated heterocycles. The number of unbranched alkanes of at least 4 members (excludes halogenated alkanes) is 1. The van der Waals surface area contributed by atoms with E-state index in [4.69, 9.17) is 4.74 Å². The fourth-order valence-electron chi connectivity index (χ4n) is 2.33. The first-order chi connectivity index (χ1) is 7.27. The summed E-state index contributed by atoms with van der Waals surface area (Å²) in [6.45, 7) is 7.76. The third-order valence-corrected chi connectivity index (χ3v) is 3.42. The molecule has 0 aromatic heterocycles. The Hall–Kier alpha value is -0.0800. The Balaban J connectivity index is 2.23. The van der Waals surface area contributed by atoms with Crippen molar-refractivity contribution >= 4 is 0 Å². The number of nitrogens with one attached hydrogen (secondary N) is 1. The van der Waals surface area contributed by atoms with Crippen molar-refractivity contribution in [1.29, 1.82) is 0 Å². The predicted molar refractivity (Wildman–Crippen MR) is 65.2 cm³/mol. The van der Waals surface area contributed by atoms with Gasteiger partial charge in [0.05, 0.1) is 6.10 Å². The van der Waals surface area contributed by atoms with Crippen molar-refractivity contribution in [3.63, 3.8) is 0 Å². The lowest BCUT2D eigenvalue weighted by atomic mass is 10.0. The summed E-state index contributed by atoms with van der Waals surface area (Å²) in [6.07, 6.45) is 8.11. The number of hydrogen-bond acceptors (Lipinski definition) is 2. The summed E-state index contributed by atoms with van der Waals surface area (Å²) >= 11 is 0. The first-order valence-corrected chi connectivity index (χ1v) is 6.65. The van der Waals surface area contributed by atoms with Crippen molar-refractivity contribution in [3.8, 4) is 0 Å². The smallest absolute Gasteiger partial charge is 0.0726 e. The number of hydrogen-bond donors (Lipinski definition) is 1. The second-order valence-electron chi connectivity index (χ2n) is 4.75. The summed E-state index contributed by atoms with van der Waals surface area (Å²) in [7, 11) is 0. The van der Waals surface area contributed by atoms with Crippen LogP contribution in [-0.4, -0.2) is 24.8 Å². The maximum atomic E-state index is 5.70. The molecule has 0 radical (unpaired) electrons. The topological polar surface area (TPSA) is 21.3 Å². The Bertz CT molecular complexity index is 155. The van der Waals surface area contributed by atoms with E-state index in [1.807, 2.05) is 0 Å². The van der Waals surface area contributed by atoms with Crippen LogP contribution in [0.3, 0.4) is 0 Å². The normalized spacial score (nSPS) is 25.4. The van der Waals surface area contributed by atoms with E-state index in [1.54, 1.807) is 0 Å². The zero-order chi connectivity index (χ0) is 11.1. The lowest BCUT2D eigenvalue weighted by Gasteiger charge is -2.26. The average molecular weight is 213 g/mol. The molecule has 1 heterocycles. The predicted octanol–water partition coefficient (Wildman–Crippen LogP) is 3.11. The molecule has 0 aromatic carbocycles. The molecule has 2 heteroatoms. The monoisotopic (exact) mass is 213 g/mol. The zero-order valence-electron chi connectivity index (χ0n) is 10.6. The van der Waals surface area contributed by atoms with Crippen LogP contribution in [0.4, 0.5) is 0 Å². The summed E-state index contributed by atoms with van der Waals surface area (Å²) in [4.78, 5) is 0. The van der Waals surface area contributed by atoms with Crippen LogP contribution < -0.4 is 5.32 Å². The van der Waals surface area contributed by atoms with Crippen LogP contribution in [0.2, 0.25) is 0 Å². The van der Waals surface area contributed by atoms with Crippen LogP contribution in [0.25, 0.3) is 0 Å². The fourth-order valence-corrected chi connectivity index (χ4v) is 2.33. The number of ether oxygens (including phenoxy) is 1. The van der Waals surface area contributed by atoms with Gasteiger partial charge in [-0.1, -0.05) is 26.7 Å². The highest BCUT2D eigenvalue weighted by molar-refractivity contribution is 4.79. The highest BCUT2D eigenvalue weighted by Crippen LogP contribution is 2.16. The van der Waals surface area contributed by atoms with Crippen LogP contribution in [0.5, 0.6) is 0 Å². The van der Waals surface area contributed by atoms with Gasteiger partial charge in [0.2, 0.25) is 0 Å². The molecular formula is C13H27NO. The first-order valence-electron chi connectivity index (χ1n) is 6.65. The first kappa shape index (κ1) is 13.0. The van der Waals surface area contributed by atoms with E-state index >= 15 is 0 Å². The molecule has 0 aromatic rings. The molecule has 1 rings (SSSR count). The number of rotatable bonds is 7. The molecule has 1 N–H and O–H groups in total. The Labute approximate surface area is 94.8 Å². The highest BCUT2D eigenvalue weighted by atomic mass is 16.5. The molecule has 90 valence electrons. The minimum absolute atomic E-state index is 0.459. The van der Waals surface area contributed by atoms with Crippen molar-refractivity contribution in [2.45, 2.75) is 77.5 Å². The van der Waals surface area contributed by atoms with Gasteiger partial charge < -0.3 is 10.1 Å². The molecule has 2 nitrogen and oxygen atoms in total. The van der Waals surface area contributed by atoms with Gasteiger partial charge in [-0.15, -0.1) is 0 Å². The summed E-state index contributed by atoms with van der Waals surface area (Å²) in [5, 5.41) is 3.72. The molecule has 0 saturated carbocycles. The Morgan fingerprint density at radius 3 is 2.73 bits per heavy atom. The summed E-state index contributed by atoms with van der Waals surface area (Å²) in [5.41, 5.74) is 0. The second-order valence-corrected chi connectivity index (χ2v) is 4.75. The standard InChI is InChI=1S/C13H27NO/c1-4-6-8-12(5-2)14-11(3)13-9-7-10-15-13/h11-14H,4-10H2,1-3H3. The second kappa shape index (κ2) is 7.24. The van der Waals surface area contributed by atoms with Crippen LogP contribution in [0.1, 0.15) is 59.3 Å². The molecule has 0 amide bonds. The molecule has 1 fully saturated rings. The van der Waals surface area contributed by atoms with Crippen LogP contribution in [0.15, 0.2) is 0 Å². The highest BCUT2D eigenvalue weighted by Gasteiger charge is 2.23. The molecule has 0 bridgehead atoms. The Kier molecular flexibility index (Phi) is 6.26. The largest absolute Gasteiger partial charge is 0.377 e. The van der Waals surface area contributed by atoms with Crippen LogP contribution in [0, 0.1) is 0 Å². The van der Waals surface area contributed by atoms with Crippen molar-refractivity contribution in [2.75, 3.05) is 6.61 Å². The third-order valence-electron chi connectivity index (χ3n) is 3.42. The van der Waals surface area contributed by atoms with Gasteiger partial charge in [0.1, 0.15) is 0 Å². The van der Waals surface area contributed by atoms with Gasteiger partial charge in [-0.25, -0.2) is 0 Å². The fraction of sp³-hybridized carbons (Fsp3) is 1.00. The van der Waals surface area contributed by atoms with Gasteiger partial charge in [0.15, 0.2) is 0 Å². The van der Waals surface area contributed by atoms with Gasteiger partial charge in [-0.2, -0.15) is 0 Å². The van der Waals surface area contributed by atoms with Crippen LogP contribution >= 0.6 is 0 Å². The lowest BCUT2D eigenvalue weighted by molar-refractivity contribution is 0.0789. The minimum atomic E-state index is 0.459. The molecule has 3 unspecified atom stereocenters. The van der Waals surface area contributed by atoms with Crippen LogP contribution in [-0.2, 0) is 4.74 Å². The molecular weight excluding hydrogens is 186 g/mol.